The zero-order valence-electron chi connectivity index (χ0n) is 19.1. The molecule has 3 heterocycles. The predicted molar refractivity (Wildman–Crippen MR) is 133 cm³/mol. The van der Waals surface area contributed by atoms with Gasteiger partial charge in [-0.2, -0.15) is 14.6 Å². The normalized spacial score (nSPS) is 15.2. The number of nitrogens with zero attached hydrogens (tertiary/aromatic N) is 6. The zero-order valence-corrected chi connectivity index (χ0v) is 20.8. The largest absolute Gasteiger partial charge is 0.338 e. The van der Waals surface area contributed by atoms with E-state index in [1.165, 1.54) is 17.3 Å². The average molecular weight is 495 g/mol. The molecule has 0 unspecified atom stereocenters. The lowest BCUT2D eigenvalue weighted by molar-refractivity contribution is 0.248. The highest BCUT2D eigenvalue weighted by molar-refractivity contribution is 7.99. The van der Waals surface area contributed by atoms with Crippen LogP contribution in [-0.2, 0) is 16.4 Å². The maximum absolute atomic E-state index is 13.6. The van der Waals surface area contributed by atoms with Gasteiger partial charge in [0, 0.05) is 32.7 Å². The van der Waals surface area contributed by atoms with E-state index in [1.54, 1.807) is 41.8 Å². The van der Waals surface area contributed by atoms with E-state index in [4.69, 9.17) is 0 Å². The fourth-order valence-electron chi connectivity index (χ4n) is 4.22. The van der Waals surface area contributed by atoms with Crippen LogP contribution in [0.15, 0.2) is 75.5 Å². The van der Waals surface area contributed by atoms with Crippen molar-refractivity contribution in [2.45, 2.75) is 28.3 Å². The quantitative estimate of drug-likeness (QED) is 0.378. The van der Waals surface area contributed by atoms with Crippen molar-refractivity contribution < 1.29 is 8.42 Å². The molecular weight excluding hydrogens is 468 g/mol. The summed E-state index contributed by atoms with van der Waals surface area (Å²) in [5.41, 5.74) is 1.62. The molecule has 1 saturated heterocycles. The first-order chi connectivity index (χ1) is 16.5. The Labute approximate surface area is 203 Å². The Morgan fingerprint density at radius 1 is 0.912 bits per heavy atom. The van der Waals surface area contributed by atoms with E-state index in [2.05, 4.69) is 49.1 Å². The van der Waals surface area contributed by atoms with Gasteiger partial charge in [0.2, 0.25) is 15.8 Å². The Morgan fingerprint density at radius 2 is 1.56 bits per heavy atom. The molecule has 2 aromatic heterocycles. The highest BCUT2D eigenvalue weighted by Crippen LogP contribution is 2.33. The van der Waals surface area contributed by atoms with E-state index in [-0.39, 0.29) is 9.79 Å². The van der Waals surface area contributed by atoms with Crippen LogP contribution in [0, 0.1) is 6.92 Å². The van der Waals surface area contributed by atoms with Gasteiger partial charge in [0.15, 0.2) is 10.5 Å². The van der Waals surface area contributed by atoms with Gasteiger partial charge in [-0.25, -0.2) is 13.4 Å². The number of sulfone groups is 1. The molecule has 1 aliphatic rings. The Hall–Kier alpha value is -2.95. The summed E-state index contributed by atoms with van der Waals surface area (Å²) in [5, 5.41) is 5.07. The van der Waals surface area contributed by atoms with Crippen LogP contribution in [-0.4, -0.2) is 65.3 Å². The van der Waals surface area contributed by atoms with Crippen LogP contribution in [0.4, 0.5) is 5.95 Å². The van der Waals surface area contributed by atoms with Crippen LogP contribution in [0.5, 0.6) is 0 Å². The molecule has 0 bridgehead atoms. The molecule has 176 valence electrons. The van der Waals surface area contributed by atoms with Crippen molar-refractivity contribution in [3.8, 4) is 0 Å². The zero-order chi connectivity index (χ0) is 23.7. The summed E-state index contributed by atoms with van der Waals surface area (Å²) in [7, 11) is -3.79. The van der Waals surface area contributed by atoms with Crippen molar-refractivity contribution >= 4 is 33.2 Å². The third-order valence-electron chi connectivity index (χ3n) is 5.93. The lowest BCUT2D eigenvalue weighted by Gasteiger charge is -2.35. The summed E-state index contributed by atoms with van der Waals surface area (Å²) >= 11 is 1.30. The van der Waals surface area contributed by atoms with Gasteiger partial charge in [0.25, 0.3) is 0 Å². The Morgan fingerprint density at radius 3 is 2.21 bits per heavy atom. The van der Waals surface area contributed by atoms with Crippen LogP contribution >= 0.6 is 11.8 Å². The maximum atomic E-state index is 13.6. The minimum Gasteiger partial charge on any atom is -0.338 e. The van der Waals surface area contributed by atoms with Crippen molar-refractivity contribution in [2.24, 2.45) is 0 Å². The number of piperazine rings is 1. The lowest BCUT2D eigenvalue weighted by atomic mass is 10.2. The van der Waals surface area contributed by atoms with Crippen LogP contribution in [0.25, 0.3) is 5.65 Å². The van der Waals surface area contributed by atoms with E-state index < -0.39 is 9.84 Å². The molecule has 0 N–H and O–H groups in total. The Balaban J connectivity index is 1.49. The van der Waals surface area contributed by atoms with Gasteiger partial charge >= 0.3 is 0 Å². The molecule has 1 fully saturated rings. The van der Waals surface area contributed by atoms with Gasteiger partial charge in [-0.3, -0.25) is 4.90 Å². The summed E-state index contributed by atoms with van der Waals surface area (Å²) in [5.74, 6) is 1.15. The van der Waals surface area contributed by atoms with Crippen molar-refractivity contribution in [3.05, 3.63) is 72.1 Å². The topological polar surface area (TPSA) is 83.7 Å². The van der Waals surface area contributed by atoms with E-state index >= 15 is 0 Å². The monoisotopic (exact) mass is 494 g/mol. The summed E-state index contributed by atoms with van der Waals surface area (Å²) in [6.45, 7) is 6.00. The minimum atomic E-state index is -3.79. The van der Waals surface area contributed by atoms with Crippen molar-refractivity contribution in [2.75, 3.05) is 37.3 Å². The Kier molecular flexibility index (Phi) is 6.28. The van der Waals surface area contributed by atoms with Gasteiger partial charge < -0.3 is 4.90 Å². The van der Waals surface area contributed by atoms with E-state index in [0.717, 1.165) is 32.7 Å². The van der Waals surface area contributed by atoms with Crippen LogP contribution in [0.3, 0.4) is 0 Å². The third-order valence-corrected chi connectivity index (χ3v) is 8.54. The molecule has 10 heteroatoms. The standard InChI is InChI=1S/C24H26N6O2S2/c1-18-25-22-21(34(31,32)20-11-7-4-8-12-20)23(33-2)27-30(22)24(26-18)29-15-13-28(14-16-29)17-19-9-5-3-6-10-19/h3-12H,13-17H2,1-2H3. The van der Waals surface area contributed by atoms with E-state index in [9.17, 15) is 8.42 Å². The summed E-state index contributed by atoms with van der Waals surface area (Å²) < 4.78 is 28.7. The highest BCUT2D eigenvalue weighted by atomic mass is 32.2. The van der Waals surface area contributed by atoms with Crippen LogP contribution in [0.2, 0.25) is 0 Å². The number of anilines is 1. The summed E-state index contributed by atoms with van der Waals surface area (Å²) in [6, 6.07) is 18.9. The van der Waals surface area contributed by atoms with E-state index in [0.29, 0.717) is 22.4 Å². The molecule has 5 rings (SSSR count). The van der Waals surface area contributed by atoms with Crippen molar-refractivity contribution in [1.29, 1.82) is 0 Å². The third kappa shape index (κ3) is 4.28. The second-order valence-electron chi connectivity index (χ2n) is 8.21. The number of aromatic nitrogens is 4. The number of benzene rings is 2. The molecule has 0 saturated carbocycles. The molecule has 0 aliphatic carbocycles. The van der Waals surface area contributed by atoms with Crippen molar-refractivity contribution in [3.63, 3.8) is 0 Å². The van der Waals surface area contributed by atoms with Crippen molar-refractivity contribution in [1.82, 2.24) is 24.5 Å². The molecule has 4 aromatic rings. The SMILES string of the molecule is CSc1nn2c(N3CCN(Cc4ccccc4)CC3)nc(C)nc2c1S(=O)(=O)c1ccccc1. The van der Waals surface area contributed by atoms with Gasteiger partial charge in [0.1, 0.15) is 10.9 Å². The molecule has 34 heavy (non-hydrogen) atoms. The minimum absolute atomic E-state index is 0.140. The molecule has 2 aromatic carbocycles. The molecular formula is C24H26N6O2S2. The van der Waals surface area contributed by atoms with Gasteiger partial charge in [0.05, 0.1) is 4.90 Å². The first kappa shape index (κ1) is 22.8. The number of fused-ring (bicyclic) bond motifs is 1. The molecule has 0 atom stereocenters. The fraction of sp³-hybridized carbons (Fsp3) is 0.292. The molecule has 0 amide bonds. The highest BCUT2D eigenvalue weighted by Gasteiger charge is 2.31. The molecule has 1 aliphatic heterocycles. The number of aryl methyl sites for hydroxylation is 1. The summed E-state index contributed by atoms with van der Waals surface area (Å²) in [4.78, 5) is 14.1. The van der Waals surface area contributed by atoms with E-state index in [1.807, 2.05) is 12.3 Å². The predicted octanol–water partition coefficient (Wildman–Crippen LogP) is 3.31. The molecule has 0 spiro atoms. The van der Waals surface area contributed by atoms with Gasteiger partial charge in [-0.1, -0.05) is 48.5 Å². The first-order valence-electron chi connectivity index (χ1n) is 11.1. The Bertz CT molecular complexity index is 1400. The van der Waals surface area contributed by atoms with Crippen LogP contribution < -0.4 is 4.90 Å². The lowest BCUT2D eigenvalue weighted by Crippen LogP contribution is -2.47. The number of hydrogen-bond donors (Lipinski definition) is 0. The first-order valence-corrected chi connectivity index (χ1v) is 13.8. The van der Waals surface area contributed by atoms with Gasteiger partial charge in [-0.15, -0.1) is 11.8 Å². The summed E-state index contributed by atoms with van der Waals surface area (Å²) in [6.07, 6.45) is 1.83. The second-order valence-corrected chi connectivity index (χ2v) is 10.9. The molecule has 8 nitrogen and oxygen atoms in total. The number of hydrogen-bond acceptors (Lipinski definition) is 8. The number of rotatable bonds is 6. The van der Waals surface area contributed by atoms with Crippen LogP contribution in [0.1, 0.15) is 11.4 Å². The second kappa shape index (κ2) is 9.36. The van der Waals surface area contributed by atoms with Gasteiger partial charge in [-0.05, 0) is 30.9 Å². The number of thioether (sulfide) groups is 1. The maximum Gasteiger partial charge on any atom is 0.230 e. The average Bonchev–Trinajstić information content (AvgIpc) is 3.24. The smallest absolute Gasteiger partial charge is 0.230 e. The molecule has 0 radical (unpaired) electrons. The fourth-order valence-corrected chi connectivity index (χ4v) is 6.64.